The Labute approximate surface area is 201 Å². The number of rotatable bonds is 2. The molecular formula is C29H31GeNSe. The first kappa shape index (κ1) is 20.7. The van der Waals surface area contributed by atoms with Gasteiger partial charge in [0.15, 0.2) is 0 Å². The van der Waals surface area contributed by atoms with Gasteiger partial charge in [-0.2, -0.15) is 0 Å². The van der Waals surface area contributed by atoms with Gasteiger partial charge in [-0.3, -0.25) is 0 Å². The maximum absolute atomic E-state index is 8.53. The van der Waals surface area contributed by atoms with Crippen LogP contribution in [0.3, 0.4) is 0 Å². The minimum atomic E-state index is -1.95. The van der Waals surface area contributed by atoms with E-state index in [0.717, 1.165) is 11.3 Å². The van der Waals surface area contributed by atoms with Crippen molar-refractivity contribution in [2.45, 2.75) is 50.4 Å². The number of fused-ring (bicyclic) bond motifs is 4. The molecule has 0 aliphatic rings. The number of hydrogen-bond donors (Lipinski definition) is 0. The quantitative estimate of drug-likeness (QED) is 0.210. The molecule has 0 unspecified atom stereocenters. The molecule has 162 valence electrons. The predicted octanol–water partition coefficient (Wildman–Crippen LogP) is 7.42. The molecule has 0 radical (unpaired) electrons. The van der Waals surface area contributed by atoms with Crippen LogP contribution in [0.5, 0.6) is 0 Å². The molecule has 2 heterocycles. The summed E-state index contributed by atoms with van der Waals surface area (Å²) in [6.45, 7) is 9.15. The van der Waals surface area contributed by atoms with Crippen LogP contribution in [0, 0.1) is 6.92 Å². The zero-order valence-electron chi connectivity index (χ0n) is 21.1. The topological polar surface area (TPSA) is 12.9 Å². The van der Waals surface area contributed by atoms with Gasteiger partial charge in [-0.1, -0.05) is 0 Å². The van der Waals surface area contributed by atoms with Crippen molar-refractivity contribution in [3.05, 3.63) is 71.9 Å². The van der Waals surface area contributed by atoms with Gasteiger partial charge in [0.25, 0.3) is 0 Å². The zero-order chi connectivity index (χ0) is 23.7. The fourth-order valence-corrected chi connectivity index (χ4v) is 11.9. The molecule has 0 saturated carbocycles. The van der Waals surface area contributed by atoms with Crippen molar-refractivity contribution >= 4 is 62.2 Å². The first-order valence-corrected chi connectivity index (χ1v) is 20.4. The third-order valence-electron chi connectivity index (χ3n) is 6.50. The Morgan fingerprint density at radius 1 is 0.875 bits per heavy atom. The van der Waals surface area contributed by atoms with Gasteiger partial charge < -0.3 is 0 Å². The van der Waals surface area contributed by atoms with E-state index in [9.17, 15) is 0 Å². The van der Waals surface area contributed by atoms with E-state index >= 15 is 0 Å². The Kier molecular flexibility index (Phi) is 4.91. The van der Waals surface area contributed by atoms with Gasteiger partial charge in [0.05, 0.1) is 0 Å². The molecule has 0 bridgehead atoms. The second-order valence-corrected chi connectivity index (χ2v) is 23.7. The molecular weight excluding hydrogens is 514 g/mol. The van der Waals surface area contributed by atoms with E-state index in [1.165, 1.54) is 41.2 Å². The molecule has 0 aliphatic heterocycles. The van der Waals surface area contributed by atoms with E-state index in [1.54, 1.807) is 4.40 Å². The van der Waals surface area contributed by atoms with Crippen molar-refractivity contribution in [1.29, 1.82) is 0 Å². The van der Waals surface area contributed by atoms with Crippen molar-refractivity contribution in [3.63, 3.8) is 0 Å². The first-order valence-electron chi connectivity index (χ1n) is 11.8. The van der Waals surface area contributed by atoms with Crippen LogP contribution in [0.2, 0.25) is 17.3 Å². The predicted molar refractivity (Wildman–Crippen MR) is 146 cm³/mol. The van der Waals surface area contributed by atoms with Crippen molar-refractivity contribution in [2.75, 3.05) is 0 Å². The number of pyridine rings is 1. The second kappa shape index (κ2) is 7.59. The molecule has 0 amide bonds. The first-order chi connectivity index (χ1) is 15.4. The molecule has 0 N–H and O–H groups in total. The van der Waals surface area contributed by atoms with Crippen LogP contribution in [-0.2, 0) is 5.41 Å². The van der Waals surface area contributed by atoms with Crippen LogP contribution < -0.4 is 4.40 Å². The molecule has 0 aliphatic carbocycles. The fourth-order valence-electron chi connectivity index (χ4n) is 4.92. The third kappa shape index (κ3) is 3.57. The summed E-state index contributed by atoms with van der Waals surface area (Å²) in [5.74, 6) is 7.42. The molecule has 3 aromatic carbocycles. The Morgan fingerprint density at radius 3 is 2.31 bits per heavy atom. The molecule has 0 spiro atoms. The minimum absolute atomic E-state index is 0.0237. The molecule has 0 saturated heterocycles. The number of hydrogen-bond acceptors (Lipinski definition) is 1. The van der Waals surface area contributed by atoms with E-state index in [0.29, 0.717) is 6.17 Å². The van der Waals surface area contributed by atoms with E-state index in [2.05, 4.69) is 93.5 Å². The summed E-state index contributed by atoms with van der Waals surface area (Å²) in [6, 6.07) is 19.9. The van der Waals surface area contributed by atoms with Gasteiger partial charge >= 0.3 is 202 Å². The van der Waals surface area contributed by atoms with Gasteiger partial charge in [0.2, 0.25) is 0 Å². The Balaban J connectivity index is 1.87. The van der Waals surface area contributed by atoms with E-state index in [-0.39, 0.29) is 19.9 Å². The van der Waals surface area contributed by atoms with Gasteiger partial charge in [-0.15, -0.1) is 0 Å². The second-order valence-electron chi connectivity index (χ2n) is 10.9. The van der Waals surface area contributed by atoms with Crippen LogP contribution in [-0.4, -0.2) is 32.8 Å². The number of aryl methyl sites for hydroxylation is 1. The van der Waals surface area contributed by atoms with Gasteiger partial charge in [-0.25, -0.2) is 0 Å². The summed E-state index contributed by atoms with van der Waals surface area (Å²) in [4.78, 5) is 4.82. The molecule has 32 heavy (non-hydrogen) atoms. The summed E-state index contributed by atoms with van der Waals surface area (Å²) in [6.07, 6.45) is 0.355. The fraction of sp³-hybridized carbons (Fsp3) is 0.276. The van der Waals surface area contributed by atoms with E-state index < -0.39 is 13.3 Å². The molecule has 0 fully saturated rings. The van der Waals surface area contributed by atoms with Crippen molar-refractivity contribution in [2.24, 2.45) is 0 Å². The van der Waals surface area contributed by atoms with Crippen molar-refractivity contribution in [1.82, 2.24) is 4.98 Å². The van der Waals surface area contributed by atoms with Gasteiger partial charge in [0, 0.05) is 0 Å². The van der Waals surface area contributed by atoms with Crippen LogP contribution >= 0.6 is 0 Å². The number of aromatic nitrogens is 1. The number of nitrogens with zero attached hydrogens (tertiary/aromatic N) is 1. The average Bonchev–Trinajstić information content (AvgIpc) is 3.10. The molecule has 2 aromatic heterocycles. The summed E-state index contributed by atoms with van der Waals surface area (Å²) < 4.78 is 13.0. The summed E-state index contributed by atoms with van der Waals surface area (Å²) in [7, 11) is 0. The van der Waals surface area contributed by atoms with Crippen LogP contribution in [0.15, 0.2) is 60.8 Å². The zero-order valence-corrected chi connectivity index (χ0v) is 23.9. The normalized spacial score (nSPS) is 13.3. The molecule has 5 aromatic rings. The Morgan fingerprint density at radius 2 is 1.59 bits per heavy atom. The third-order valence-corrected chi connectivity index (χ3v) is 13.9. The van der Waals surface area contributed by atoms with Crippen LogP contribution in [0.25, 0.3) is 41.3 Å². The van der Waals surface area contributed by atoms with Crippen LogP contribution in [0.4, 0.5) is 0 Å². The van der Waals surface area contributed by atoms with Gasteiger partial charge in [-0.05, 0) is 0 Å². The van der Waals surface area contributed by atoms with Gasteiger partial charge in [0.1, 0.15) is 0 Å². The molecule has 3 heteroatoms. The monoisotopic (exact) mass is 548 g/mol. The molecule has 5 rings (SSSR count). The van der Waals surface area contributed by atoms with Crippen molar-refractivity contribution < 1.29 is 1.37 Å². The molecule has 1 nitrogen and oxygen atoms in total. The Bertz CT molecular complexity index is 1550. The summed E-state index contributed by atoms with van der Waals surface area (Å²) in [5, 5.41) is 5.10. The van der Waals surface area contributed by atoms with E-state index in [4.69, 9.17) is 6.35 Å². The van der Waals surface area contributed by atoms with Crippen molar-refractivity contribution in [3.8, 4) is 11.3 Å². The SMILES string of the molecule is [2H]c1cc2c([se]c3c(C)[c]([Ge]([CH3])([CH3])[CH3])ccc32)c(-c2cc(C(C)(C)C)c3ccccc3c2)n1. The van der Waals surface area contributed by atoms with E-state index in [1.807, 2.05) is 6.07 Å². The van der Waals surface area contributed by atoms with Crippen LogP contribution in [0.1, 0.15) is 33.3 Å². The summed E-state index contributed by atoms with van der Waals surface area (Å²) in [5.41, 5.74) is 5.00. The maximum atomic E-state index is 8.53. The standard InChI is InChI=1S/C29H31GeNSe/c1-18-25(30(5,6)7)13-12-22-23-14-15-31-26(28(23)32-27(18)22)20-16-19-10-8-9-11-21(19)24(17-20)29(2,3)4/h8-17H,1-7H3/i15D. The Hall–Kier alpha value is -1.87. The molecule has 0 atom stereocenters. The summed E-state index contributed by atoms with van der Waals surface area (Å²) >= 11 is -1.75. The number of benzene rings is 3. The average molecular weight is 546 g/mol.